The lowest BCUT2D eigenvalue weighted by Gasteiger charge is -2.16. The van der Waals surface area contributed by atoms with Gasteiger partial charge in [-0.25, -0.2) is 9.37 Å². The standard InChI is InChI=1S/C15H20FN3/c1-17-14(7-8-15-18-9-10-19(15)2)11-12-3-5-13(16)6-4-12/h3-6,9-10,14,17H,7-8,11H2,1-2H3. The maximum absolute atomic E-state index is 12.9. The highest BCUT2D eigenvalue weighted by molar-refractivity contribution is 5.17. The molecule has 0 saturated carbocycles. The Labute approximate surface area is 113 Å². The van der Waals surface area contributed by atoms with Crippen LogP contribution in [-0.2, 0) is 19.9 Å². The SMILES string of the molecule is CNC(CCc1nccn1C)Cc1ccc(F)cc1. The fourth-order valence-electron chi connectivity index (χ4n) is 2.19. The molecule has 0 aliphatic rings. The van der Waals surface area contributed by atoms with Crippen molar-refractivity contribution in [3.05, 3.63) is 53.9 Å². The van der Waals surface area contributed by atoms with Crippen LogP contribution in [0.2, 0.25) is 0 Å². The quantitative estimate of drug-likeness (QED) is 0.865. The lowest BCUT2D eigenvalue weighted by atomic mass is 10.0. The number of benzene rings is 1. The molecule has 1 aromatic carbocycles. The number of imidazole rings is 1. The minimum atomic E-state index is -0.183. The van der Waals surface area contributed by atoms with E-state index in [-0.39, 0.29) is 5.82 Å². The minimum Gasteiger partial charge on any atom is -0.338 e. The van der Waals surface area contributed by atoms with E-state index in [9.17, 15) is 4.39 Å². The Morgan fingerprint density at radius 3 is 2.63 bits per heavy atom. The molecule has 0 aliphatic heterocycles. The summed E-state index contributed by atoms with van der Waals surface area (Å²) in [6, 6.07) is 7.10. The Morgan fingerprint density at radius 2 is 2.05 bits per heavy atom. The number of nitrogens with one attached hydrogen (secondary N) is 1. The van der Waals surface area contributed by atoms with Gasteiger partial charge in [-0.15, -0.1) is 0 Å². The van der Waals surface area contributed by atoms with Gasteiger partial charge in [-0.1, -0.05) is 12.1 Å². The zero-order chi connectivity index (χ0) is 13.7. The molecule has 0 saturated heterocycles. The van der Waals surface area contributed by atoms with E-state index in [1.54, 1.807) is 0 Å². The van der Waals surface area contributed by atoms with E-state index in [0.717, 1.165) is 30.7 Å². The van der Waals surface area contributed by atoms with E-state index in [1.807, 2.05) is 43.2 Å². The number of rotatable bonds is 6. The lowest BCUT2D eigenvalue weighted by Crippen LogP contribution is -2.28. The van der Waals surface area contributed by atoms with Gasteiger partial charge in [0.15, 0.2) is 0 Å². The molecule has 3 nitrogen and oxygen atoms in total. The van der Waals surface area contributed by atoms with E-state index in [0.29, 0.717) is 6.04 Å². The lowest BCUT2D eigenvalue weighted by molar-refractivity contribution is 0.509. The summed E-state index contributed by atoms with van der Waals surface area (Å²) >= 11 is 0. The zero-order valence-electron chi connectivity index (χ0n) is 11.4. The number of hydrogen-bond donors (Lipinski definition) is 1. The van der Waals surface area contributed by atoms with Gasteiger partial charge in [-0.05, 0) is 37.6 Å². The Kier molecular flexibility index (Phi) is 4.68. The van der Waals surface area contributed by atoms with Gasteiger partial charge in [0.05, 0.1) is 0 Å². The Bertz CT molecular complexity index is 504. The predicted molar refractivity (Wildman–Crippen MR) is 74.5 cm³/mol. The maximum atomic E-state index is 12.9. The molecule has 4 heteroatoms. The first-order valence-corrected chi connectivity index (χ1v) is 6.57. The van der Waals surface area contributed by atoms with Crippen LogP contribution in [0.3, 0.4) is 0 Å². The monoisotopic (exact) mass is 261 g/mol. The summed E-state index contributed by atoms with van der Waals surface area (Å²) in [4.78, 5) is 4.33. The number of halogens is 1. The van der Waals surface area contributed by atoms with Crippen molar-refractivity contribution in [2.45, 2.75) is 25.3 Å². The van der Waals surface area contributed by atoms with Gasteiger partial charge in [-0.3, -0.25) is 0 Å². The highest BCUT2D eigenvalue weighted by atomic mass is 19.1. The van der Waals surface area contributed by atoms with E-state index < -0.39 is 0 Å². The third-order valence-corrected chi connectivity index (χ3v) is 3.44. The number of aromatic nitrogens is 2. The van der Waals surface area contributed by atoms with Crippen LogP contribution in [0.15, 0.2) is 36.7 Å². The molecule has 0 radical (unpaired) electrons. The Morgan fingerprint density at radius 1 is 1.32 bits per heavy atom. The molecule has 0 spiro atoms. The topological polar surface area (TPSA) is 29.9 Å². The first kappa shape index (κ1) is 13.7. The van der Waals surface area contributed by atoms with Gasteiger partial charge < -0.3 is 9.88 Å². The predicted octanol–water partition coefficient (Wildman–Crippen LogP) is 2.32. The summed E-state index contributed by atoms with van der Waals surface area (Å²) in [6.45, 7) is 0. The number of nitrogens with zero attached hydrogens (tertiary/aromatic N) is 2. The molecule has 1 N–H and O–H groups in total. The van der Waals surface area contributed by atoms with Crippen molar-refractivity contribution in [2.24, 2.45) is 7.05 Å². The molecule has 0 amide bonds. The minimum absolute atomic E-state index is 0.183. The highest BCUT2D eigenvalue weighted by Gasteiger charge is 2.09. The van der Waals surface area contributed by atoms with Crippen LogP contribution in [0.4, 0.5) is 4.39 Å². The molecule has 2 aromatic rings. The third kappa shape index (κ3) is 3.89. The van der Waals surface area contributed by atoms with E-state index >= 15 is 0 Å². The van der Waals surface area contributed by atoms with Gasteiger partial charge in [0.25, 0.3) is 0 Å². The van der Waals surface area contributed by atoms with Gasteiger partial charge in [0.2, 0.25) is 0 Å². The maximum Gasteiger partial charge on any atom is 0.123 e. The van der Waals surface area contributed by atoms with Gasteiger partial charge >= 0.3 is 0 Å². The van der Waals surface area contributed by atoms with Crippen molar-refractivity contribution in [1.29, 1.82) is 0 Å². The second-order valence-corrected chi connectivity index (χ2v) is 4.81. The van der Waals surface area contributed by atoms with Crippen LogP contribution in [0.1, 0.15) is 17.8 Å². The van der Waals surface area contributed by atoms with Gasteiger partial charge in [-0.2, -0.15) is 0 Å². The Balaban J connectivity index is 1.90. The molecule has 2 rings (SSSR count). The third-order valence-electron chi connectivity index (χ3n) is 3.44. The van der Waals surface area contributed by atoms with Crippen LogP contribution >= 0.6 is 0 Å². The van der Waals surface area contributed by atoms with E-state index in [4.69, 9.17) is 0 Å². The average molecular weight is 261 g/mol. The Hall–Kier alpha value is -1.68. The number of likely N-dealkylation sites (N-methyl/N-ethyl adjacent to an activating group) is 1. The normalized spacial score (nSPS) is 12.6. The molecular formula is C15H20FN3. The average Bonchev–Trinajstić information content (AvgIpc) is 2.82. The summed E-state index contributed by atoms with van der Waals surface area (Å²) in [5.74, 6) is 0.914. The molecule has 1 heterocycles. The first-order chi connectivity index (χ1) is 9.19. The van der Waals surface area contributed by atoms with Crippen molar-refractivity contribution in [3.8, 4) is 0 Å². The van der Waals surface area contributed by atoms with Crippen molar-refractivity contribution in [3.63, 3.8) is 0 Å². The van der Waals surface area contributed by atoms with Crippen LogP contribution in [-0.4, -0.2) is 22.6 Å². The van der Waals surface area contributed by atoms with E-state index in [2.05, 4.69) is 10.3 Å². The summed E-state index contributed by atoms with van der Waals surface area (Å²) in [6.07, 6.45) is 6.64. The van der Waals surface area contributed by atoms with Crippen LogP contribution < -0.4 is 5.32 Å². The fraction of sp³-hybridized carbons (Fsp3) is 0.400. The number of aryl methyl sites for hydroxylation is 2. The summed E-state index contributed by atoms with van der Waals surface area (Å²) in [5, 5.41) is 3.32. The van der Waals surface area contributed by atoms with Gasteiger partial charge in [0, 0.05) is 31.9 Å². The van der Waals surface area contributed by atoms with Crippen LogP contribution in [0.25, 0.3) is 0 Å². The van der Waals surface area contributed by atoms with Crippen molar-refractivity contribution in [2.75, 3.05) is 7.05 Å². The van der Waals surface area contributed by atoms with Crippen molar-refractivity contribution >= 4 is 0 Å². The largest absolute Gasteiger partial charge is 0.338 e. The van der Waals surface area contributed by atoms with Crippen molar-refractivity contribution < 1.29 is 4.39 Å². The zero-order valence-corrected chi connectivity index (χ0v) is 11.4. The fourth-order valence-corrected chi connectivity index (χ4v) is 2.19. The molecule has 0 aliphatic carbocycles. The summed E-state index contributed by atoms with van der Waals surface area (Å²) < 4.78 is 14.9. The molecule has 0 bridgehead atoms. The smallest absolute Gasteiger partial charge is 0.123 e. The number of hydrogen-bond acceptors (Lipinski definition) is 2. The van der Waals surface area contributed by atoms with Crippen LogP contribution in [0, 0.1) is 5.82 Å². The molecule has 0 fully saturated rings. The van der Waals surface area contributed by atoms with Crippen LogP contribution in [0.5, 0.6) is 0 Å². The molecule has 102 valence electrons. The summed E-state index contributed by atoms with van der Waals surface area (Å²) in [5.41, 5.74) is 1.15. The molecule has 19 heavy (non-hydrogen) atoms. The molecule has 1 aromatic heterocycles. The van der Waals surface area contributed by atoms with Crippen molar-refractivity contribution in [1.82, 2.24) is 14.9 Å². The second kappa shape index (κ2) is 6.48. The summed E-state index contributed by atoms with van der Waals surface area (Å²) in [7, 11) is 3.98. The van der Waals surface area contributed by atoms with Gasteiger partial charge in [0.1, 0.15) is 11.6 Å². The molecule has 1 atom stereocenters. The molecular weight excluding hydrogens is 241 g/mol. The highest BCUT2D eigenvalue weighted by Crippen LogP contribution is 2.10. The van der Waals surface area contributed by atoms with E-state index in [1.165, 1.54) is 12.1 Å². The second-order valence-electron chi connectivity index (χ2n) is 4.81. The molecule has 1 unspecified atom stereocenters. The first-order valence-electron chi connectivity index (χ1n) is 6.57.